The number of aryl methyl sites for hydroxylation is 1. The van der Waals surface area contributed by atoms with Gasteiger partial charge < -0.3 is 15.4 Å². The van der Waals surface area contributed by atoms with Gasteiger partial charge in [-0.25, -0.2) is 8.42 Å². The summed E-state index contributed by atoms with van der Waals surface area (Å²) in [6.45, 7) is 6.00. The summed E-state index contributed by atoms with van der Waals surface area (Å²) in [7, 11) is -3.83. The molecule has 0 unspecified atom stereocenters. The van der Waals surface area contributed by atoms with E-state index in [-0.39, 0.29) is 23.3 Å². The van der Waals surface area contributed by atoms with E-state index >= 15 is 0 Å². The highest BCUT2D eigenvalue weighted by atomic mass is 32.2. The number of ether oxygens (including phenoxy) is 1. The van der Waals surface area contributed by atoms with Crippen LogP contribution in [0.25, 0.3) is 0 Å². The summed E-state index contributed by atoms with van der Waals surface area (Å²) in [6.07, 6.45) is 0.574. The molecule has 2 N–H and O–H groups in total. The van der Waals surface area contributed by atoms with Crippen molar-refractivity contribution in [3.63, 3.8) is 0 Å². The van der Waals surface area contributed by atoms with Gasteiger partial charge in [0.1, 0.15) is 5.75 Å². The smallest absolute Gasteiger partial charge is 0.265 e. The van der Waals surface area contributed by atoms with Crippen molar-refractivity contribution in [3.05, 3.63) is 47.5 Å². The van der Waals surface area contributed by atoms with Crippen molar-refractivity contribution >= 4 is 33.2 Å². The van der Waals surface area contributed by atoms with E-state index in [9.17, 15) is 18.0 Å². The molecule has 9 heteroatoms. The quantitative estimate of drug-likeness (QED) is 0.734. The highest BCUT2D eigenvalue weighted by molar-refractivity contribution is 7.89. The van der Waals surface area contributed by atoms with Crippen LogP contribution in [0.15, 0.2) is 41.3 Å². The van der Waals surface area contributed by atoms with Gasteiger partial charge in [-0.05, 0) is 69.0 Å². The second-order valence-corrected chi connectivity index (χ2v) is 10.3. The van der Waals surface area contributed by atoms with Gasteiger partial charge in [0, 0.05) is 18.8 Å². The first-order valence-corrected chi connectivity index (χ1v) is 12.1. The van der Waals surface area contributed by atoms with Crippen LogP contribution in [-0.4, -0.2) is 43.7 Å². The first-order valence-electron chi connectivity index (χ1n) is 10.7. The topological polar surface area (TPSA) is 105 Å². The Labute approximate surface area is 188 Å². The number of carbonyl (C=O) groups excluding carboxylic acids is 2. The normalized spacial score (nSPS) is 21.3. The highest BCUT2D eigenvalue weighted by Gasteiger charge is 2.34. The molecule has 8 nitrogen and oxygen atoms in total. The first kappa shape index (κ1) is 22.3. The fourth-order valence-electron chi connectivity index (χ4n) is 3.99. The molecule has 2 amide bonds. The van der Waals surface area contributed by atoms with E-state index in [1.807, 2.05) is 32.0 Å². The van der Waals surface area contributed by atoms with E-state index < -0.39 is 22.0 Å². The number of rotatable bonds is 4. The maximum absolute atomic E-state index is 13.3. The zero-order chi connectivity index (χ0) is 23.0. The molecule has 2 atom stereocenters. The summed E-state index contributed by atoms with van der Waals surface area (Å²) in [6, 6.07) is 10.1. The molecule has 170 valence electrons. The minimum Gasteiger partial charge on any atom is -0.479 e. The van der Waals surface area contributed by atoms with Crippen LogP contribution >= 0.6 is 0 Å². The number of amides is 2. The number of fused-ring (bicyclic) bond motifs is 1. The van der Waals surface area contributed by atoms with Crippen LogP contribution in [-0.2, 0) is 19.6 Å². The van der Waals surface area contributed by atoms with Crippen molar-refractivity contribution in [2.45, 2.75) is 44.6 Å². The Morgan fingerprint density at radius 3 is 2.78 bits per heavy atom. The minimum atomic E-state index is -3.83. The van der Waals surface area contributed by atoms with Gasteiger partial charge in [-0.15, -0.1) is 0 Å². The Kier molecular flexibility index (Phi) is 5.96. The molecule has 0 aliphatic carbocycles. The molecule has 2 aromatic carbocycles. The Morgan fingerprint density at radius 2 is 2.00 bits per heavy atom. The number of nitrogens with one attached hydrogen (secondary N) is 2. The Hall–Kier alpha value is -2.91. The monoisotopic (exact) mass is 457 g/mol. The second kappa shape index (κ2) is 8.55. The number of nitrogens with zero attached hydrogens (tertiary/aromatic N) is 1. The number of hydrogen-bond donors (Lipinski definition) is 2. The molecule has 2 aromatic rings. The lowest BCUT2D eigenvalue weighted by molar-refractivity contribution is -0.123. The van der Waals surface area contributed by atoms with E-state index in [2.05, 4.69) is 10.6 Å². The highest BCUT2D eigenvalue weighted by Crippen LogP contribution is 2.34. The summed E-state index contributed by atoms with van der Waals surface area (Å²) < 4.78 is 33.4. The third-order valence-corrected chi connectivity index (χ3v) is 8.00. The summed E-state index contributed by atoms with van der Waals surface area (Å²) in [5.74, 6) is -0.521. The maximum Gasteiger partial charge on any atom is 0.265 e. The van der Waals surface area contributed by atoms with Crippen molar-refractivity contribution in [1.29, 1.82) is 0 Å². The molecule has 0 saturated carbocycles. The number of sulfonamides is 1. The van der Waals surface area contributed by atoms with Crippen molar-refractivity contribution in [2.24, 2.45) is 5.92 Å². The number of piperidine rings is 1. The zero-order valence-electron chi connectivity index (χ0n) is 18.3. The van der Waals surface area contributed by atoms with Crippen molar-refractivity contribution in [1.82, 2.24) is 4.31 Å². The Morgan fingerprint density at radius 1 is 1.22 bits per heavy atom. The maximum atomic E-state index is 13.3. The molecule has 0 bridgehead atoms. The van der Waals surface area contributed by atoms with Gasteiger partial charge in [-0.1, -0.05) is 12.1 Å². The van der Waals surface area contributed by atoms with Crippen LogP contribution in [0.1, 0.15) is 30.9 Å². The predicted octanol–water partition coefficient (Wildman–Crippen LogP) is 3.06. The van der Waals surface area contributed by atoms with Crippen molar-refractivity contribution in [2.75, 3.05) is 23.7 Å². The standard InChI is InChI=1S/C23H27N3O5S/c1-14-6-4-8-19(15(14)2)24-23(28)17-7-5-11-26(13-17)32(29,30)18-9-10-21-20(12-18)25-22(27)16(3)31-21/h4,6,8-10,12,16-17H,5,7,11,13H2,1-3H3,(H,24,28)(H,25,27)/t16-,17+/m1/s1. The van der Waals surface area contributed by atoms with E-state index in [1.165, 1.54) is 16.4 Å². The van der Waals surface area contributed by atoms with E-state index in [0.29, 0.717) is 30.8 Å². The van der Waals surface area contributed by atoms with Gasteiger partial charge in [0.05, 0.1) is 16.5 Å². The van der Waals surface area contributed by atoms with Crippen LogP contribution in [0.5, 0.6) is 5.75 Å². The molecule has 1 saturated heterocycles. The SMILES string of the molecule is Cc1cccc(NC(=O)[C@H]2CCCN(S(=O)(=O)c3ccc4c(c3)NC(=O)[C@@H](C)O4)C2)c1C. The molecular formula is C23H27N3O5S. The number of anilines is 2. The van der Waals surface area contributed by atoms with Gasteiger partial charge in [0.2, 0.25) is 15.9 Å². The molecule has 1 fully saturated rings. The number of benzene rings is 2. The van der Waals surface area contributed by atoms with Crippen LogP contribution in [0.2, 0.25) is 0 Å². The fraction of sp³-hybridized carbons (Fsp3) is 0.391. The van der Waals surface area contributed by atoms with E-state index in [0.717, 1.165) is 16.8 Å². The molecule has 2 heterocycles. The summed E-state index contributed by atoms with van der Waals surface area (Å²) in [5, 5.41) is 5.64. The second-order valence-electron chi connectivity index (χ2n) is 8.35. The molecule has 0 spiro atoms. The first-order chi connectivity index (χ1) is 15.2. The molecule has 4 rings (SSSR count). The van der Waals surface area contributed by atoms with Gasteiger partial charge in [0.25, 0.3) is 5.91 Å². The molecule has 2 aliphatic rings. The third kappa shape index (κ3) is 4.22. The van der Waals surface area contributed by atoms with Gasteiger partial charge in [0.15, 0.2) is 6.10 Å². The van der Waals surface area contributed by atoms with Gasteiger partial charge in [-0.3, -0.25) is 9.59 Å². The van der Waals surface area contributed by atoms with Crippen molar-refractivity contribution in [3.8, 4) is 5.75 Å². The summed E-state index contributed by atoms with van der Waals surface area (Å²) in [5.41, 5.74) is 3.15. The summed E-state index contributed by atoms with van der Waals surface area (Å²) in [4.78, 5) is 24.9. The van der Waals surface area contributed by atoms with Crippen LogP contribution in [0.3, 0.4) is 0 Å². The van der Waals surface area contributed by atoms with Gasteiger partial charge >= 0.3 is 0 Å². The van der Waals surface area contributed by atoms with E-state index in [1.54, 1.807) is 13.0 Å². The third-order valence-electron chi connectivity index (χ3n) is 6.14. The van der Waals surface area contributed by atoms with Crippen LogP contribution < -0.4 is 15.4 Å². The fourth-order valence-corrected chi connectivity index (χ4v) is 5.54. The summed E-state index contributed by atoms with van der Waals surface area (Å²) >= 11 is 0. The largest absolute Gasteiger partial charge is 0.479 e. The Bertz CT molecular complexity index is 1180. The van der Waals surface area contributed by atoms with Crippen LogP contribution in [0, 0.1) is 19.8 Å². The molecule has 0 radical (unpaired) electrons. The molecular weight excluding hydrogens is 430 g/mol. The van der Waals surface area contributed by atoms with Crippen LogP contribution in [0.4, 0.5) is 11.4 Å². The van der Waals surface area contributed by atoms with Crippen molar-refractivity contribution < 1.29 is 22.7 Å². The number of carbonyl (C=O) groups is 2. The molecule has 0 aromatic heterocycles. The molecule has 32 heavy (non-hydrogen) atoms. The Balaban J connectivity index is 1.51. The van der Waals surface area contributed by atoms with E-state index in [4.69, 9.17) is 4.74 Å². The molecule has 2 aliphatic heterocycles. The number of hydrogen-bond acceptors (Lipinski definition) is 5. The average Bonchev–Trinajstić information content (AvgIpc) is 2.77. The average molecular weight is 458 g/mol. The lowest BCUT2D eigenvalue weighted by Crippen LogP contribution is -2.43. The van der Waals surface area contributed by atoms with Gasteiger partial charge in [-0.2, -0.15) is 4.31 Å². The lowest BCUT2D eigenvalue weighted by Gasteiger charge is -2.32. The predicted molar refractivity (Wildman–Crippen MR) is 121 cm³/mol. The zero-order valence-corrected chi connectivity index (χ0v) is 19.2. The lowest BCUT2D eigenvalue weighted by atomic mass is 9.98. The minimum absolute atomic E-state index is 0.0605.